The molecule has 0 saturated carbocycles. The summed E-state index contributed by atoms with van der Waals surface area (Å²) in [5.41, 5.74) is 10.3. The van der Waals surface area contributed by atoms with Crippen LogP contribution in [0.15, 0.2) is 168 Å². The fourth-order valence-corrected chi connectivity index (χ4v) is 8.14. The van der Waals surface area contributed by atoms with Crippen LogP contribution in [0.2, 0.25) is 0 Å². The van der Waals surface area contributed by atoms with Crippen molar-refractivity contribution in [3.05, 3.63) is 164 Å². The van der Waals surface area contributed by atoms with E-state index in [0.717, 1.165) is 72.4 Å². The second-order valence-electron chi connectivity index (χ2n) is 12.4. The van der Waals surface area contributed by atoms with E-state index in [9.17, 15) is 0 Å². The average molecular weight is 658 g/mol. The molecule has 234 valence electrons. The molecule has 4 aromatic heterocycles. The zero-order valence-electron chi connectivity index (χ0n) is 26.7. The molecule has 0 aliphatic rings. The molecule has 0 bridgehead atoms. The standard InChI is InChI=1S/C45H27N3OS/c1-2-12-28(13-3-1)38-27-39(48-45(47-38)33-16-5-4-14-31(33)37-18-10-11-25-46-37)34-23-22-30(44-43(34)35-17-6-8-19-40(35)49-44)29-21-24-42-36(26-29)32-15-7-9-20-41(32)50-42/h1-27H. The Hall–Kier alpha value is -6.43. The maximum Gasteiger partial charge on any atom is 0.161 e. The number of nitrogens with zero attached hydrogens (tertiary/aromatic N) is 3. The molecular weight excluding hydrogens is 631 g/mol. The van der Waals surface area contributed by atoms with Crippen molar-refractivity contribution in [1.29, 1.82) is 0 Å². The predicted molar refractivity (Wildman–Crippen MR) is 207 cm³/mol. The zero-order valence-corrected chi connectivity index (χ0v) is 27.6. The molecule has 0 unspecified atom stereocenters. The van der Waals surface area contributed by atoms with Gasteiger partial charge in [0.05, 0.1) is 17.1 Å². The minimum absolute atomic E-state index is 0.641. The molecule has 0 aliphatic heterocycles. The van der Waals surface area contributed by atoms with E-state index in [-0.39, 0.29) is 0 Å². The second kappa shape index (κ2) is 11.6. The molecule has 0 N–H and O–H groups in total. The van der Waals surface area contributed by atoms with Gasteiger partial charge in [-0.05, 0) is 54.1 Å². The minimum Gasteiger partial charge on any atom is -0.455 e. The van der Waals surface area contributed by atoms with Gasteiger partial charge in [-0.2, -0.15) is 0 Å². The zero-order chi connectivity index (χ0) is 33.0. The van der Waals surface area contributed by atoms with Crippen molar-refractivity contribution in [3.8, 4) is 56.3 Å². The lowest BCUT2D eigenvalue weighted by molar-refractivity contribution is 0.670. The first-order chi connectivity index (χ1) is 24.8. The Labute approximate surface area is 292 Å². The van der Waals surface area contributed by atoms with E-state index >= 15 is 0 Å². The van der Waals surface area contributed by atoms with Crippen LogP contribution in [0.25, 0.3) is 98.4 Å². The van der Waals surface area contributed by atoms with Gasteiger partial charge in [-0.15, -0.1) is 11.3 Å². The van der Waals surface area contributed by atoms with Crippen LogP contribution < -0.4 is 0 Å². The molecule has 0 radical (unpaired) electrons. The van der Waals surface area contributed by atoms with E-state index in [1.807, 2.05) is 78.2 Å². The molecule has 4 heterocycles. The number of furan rings is 1. The van der Waals surface area contributed by atoms with Gasteiger partial charge in [0, 0.05) is 65.0 Å². The van der Waals surface area contributed by atoms with Crippen LogP contribution in [0.1, 0.15) is 0 Å². The number of thiophene rings is 1. The van der Waals surface area contributed by atoms with Gasteiger partial charge < -0.3 is 4.42 Å². The number of para-hydroxylation sites is 1. The largest absolute Gasteiger partial charge is 0.455 e. The van der Waals surface area contributed by atoms with Gasteiger partial charge in [-0.1, -0.05) is 109 Å². The maximum atomic E-state index is 6.74. The van der Waals surface area contributed by atoms with E-state index < -0.39 is 0 Å². The summed E-state index contributed by atoms with van der Waals surface area (Å²) in [6.07, 6.45) is 1.82. The van der Waals surface area contributed by atoms with Gasteiger partial charge in [-0.3, -0.25) is 4.98 Å². The Balaban J connectivity index is 1.23. The van der Waals surface area contributed by atoms with Crippen molar-refractivity contribution in [3.63, 3.8) is 0 Å². The van der Waals surface area contributed by atoms with Crippen molar-refractivity contribution < 1.29 is 4.42 Å². The van der Waals surface area contributed by atoms with Crippen LogP contribution in [-0.2, 0) is 0 Å². The topological polar surface area (TPSA) is 51.8 Å². The third-order valence-corrected chi connectivity index (χ3v) is 10.5. The third kappa shape index (κ3) is 4.71. The minimum atomic E-state index is 0.641. The molecule has 6 aromatic carbocycles. The van der Waals surface area contributed by atoms with E-state index in [2.05, 4.69) is 102 Å². The Kier molecular flexibility index (Phi) is 6.64. The number of benzene rings is 6. The lowest BCUT2D eigenvalue weighted by Gasteiger charge is -2.13. The number of hydrogen-bond acceptors (Lipinski definition) is 5. The molecular formula is C45H27N3OS. The van der Waals surface area contributed by atoms with Crippen LogP contribution in [0.3, 0.4) is 0 Å². The molecule has 0 amide bonds. The molecule has 0 spiro atoms. The molecule has 4 nitrogen and oxygen atoms in total. The Morgan fingerprint density at radius 2 is 1.16 bits per heavy atom. The van der Waals surface area contributed by atoms with Crippen LogP contribution in [0.4, 0.5) is 0 Å². The number of pyridine rings is 1. The van der Waals surface area contributed by atoms with Crippen LogP contribution in [0.5, 0.6) is 0 Å². The second-order valence-corrected chi connectivity index (χ2v) is 13.4. The van der Waals surface area contributed by atoms with Crippen LogP contribution >= 0.6 is 11.3 Å². The Morgan fingerprint density at radius 1 is 0.440 bits per heavy atom. The highest BCUT2D eigenvalue weighted by atomic mass is 32.1. The highest BCUT2D eigenvalue weighted by molar-refractivity contribution is 7.25. The number of fused-ring (bicyclic) bond motifs is 6. The molecule has 5 heteroatoms. The van der Waals surface area contributed by atoms with Gasteiger partial charge >= 0.3 is 0 Å². The Morgan fingerprint density at radius 3 is 2.04 bits per heavy atom. The smallest absolute Gasteiger partial charge is 0.161 e. The summed E-state index contributed by atoms with van der Waals surface area (Å²) in [4.78, 5) is 15.1. The third-order valence-electron chi connectivity index (χ3n) is 9.39. The molecule has 0 saturated heterocycles. The summed E-state index contributed by atoms with van der Waals surface area (Å²) in [5, 5.41) is 4.63. The first-order valence-corrected chi connectivity index (χ1v) is 17.4. The lowest BCUT2D eigenvalue weighted by atomic mass is 9.95. The van der Waals surface area contributed by atoms with E-state index in [1.54, 1.807) is 0 Å². The highest BCUT2D eigenvalue weighted by Gasteiger charge is 2.21. The molecule has 10 rings (SSSR count). The predicted octanol–water partition coefficient (Wildman–Crippen LogP) is 12.5. The Bertz CT molecular complexity index is 2870. The first kappa shape index (κ1) is 28.6. The van der Waals surface area contributed by atoms with E-state index in [4.69, 9.17) is 14.4 Å². The summed E-state index contributed by atoms with van der Waals surface area (Å²) in [6, 6.07) is 54.6. The summed E-state index contributed by atoms with van der Waals surface area (Å²) in [6.45, 7) is 0. The monoisotopic (exact) mass is 657 g/mol. The summed E-state index contributed by atoms with van der Waals surface area (Å²) in [7, 11) is 0. The fraction of sp³-hybridized carbons (Fsp3) is 0. The molecule has 0 atom stereocenters. The summed E-state index contributed by atoms with van der Waals surface area (Å²) >= 11 is 1.83. The molecule has 50 heavy (non-hydrogen) atoms. The van der Waals surface area contributed by atoms with E-state index in [1.165, 1.54) is 20.2 Å². The normalized spacial score (nSPS) is 11.6. The summed E-state index contributed by atoms with van der Waals surface area (Å²) in [5.74, 6) is 0.641. The van der Waals surface area contributed by atoms with Crippen molar-refractivity contribution >= 4 is 53.4 Å². The summed E-state index contributed by atoms with van der Waals surface area (Å²) < 4.78 is 9.31. The molecule has 0 fully saturated rings. The van der Waals surface area contributed by atoms with Crippen molar-refractivity contribution in [2.45, 2.75) is 0 Å². The molecule has 0 aliphatic carbocycles. The van der Waals surface area contributed by atoms with Crippen molar-refractivity contribution in [2.75, 3.05) is 0 Å². The van der Waals surface area contributed by atoms with Gasteiger partial charge in [0.15, 0.2) is 5.82 Å². The van der Waals surface area contributed by atoms with Gasteiger partial charge in [-0.25, -0.2) is 9.97 Å². The SMILES string of the molecule is c1ccc(-c2cc(-c3ccc(-c4ccc5sc6ccccc6c5c4)c4oc5ccccc5c34)nc(-c3ccccc3-c3ccccn3)n2)cc1. The van der Waals surface area contributed by atoms with Crippen molar-refractivity contribution in [2.24, 2.45) is 0 Å². The van der Waals surface area contributed by atoms with Gasteiger partial charge in [0.2, 0.25) is 0 Å². The van der Waals surface area contributed by atoms with Crippen LogP contribution in [0, 0.1) is 0 Å². The average Bonchev–Trinajstić information content (AvgIpc) is 3.77. The van der Waals surface area contributed by atoms with Crippen LogP contribution in [-0.4, -0.2) is 15.0 Å². The number of rotatable bonds is 5. The molecule has 10 aromatic rings. The quantitative estimate of drug-likeness (QED) is 0.185. The van der Waals surface area contributed by atoms with E-state index in [0.29, 0.717) is 5.82 Å². The number of aromatic nitrogens is 3. The highest BCUT2D eigenvalue weighted by Crippen LogP contribution is 2.44. The van der Waals surface area contributed by atoms with Gasteiger partial charge in [0.25, 0.3) is 0 Å². The van der Waals surface area contributed by atoms with Crippen molar-refractivity contribution in [1.82, 2.24) is 15.0 Å². The van der Waals surface area contributed by atoms with Gasteiger partial charge in [0.1, 0.15) is 11.2 Å². The maximum absolute atomic E-state index is 6.74. The lowest BCUT2D eigenvalue weighted by Crippen LogP contribution is -1.98. The number of hydrogen-bond donors (Lipinski definition) is 0. The first-order valence-electron chi connectivity index (χ1n) is 16.6. The fourth-order valence-electron chi connectivity index (χ4n) is 7.05.